The van der Waals surface area contributed by atoms with Crippen LogP contribution < -0.4 is 10.6 Å². The number of carbonyl (C=O) groups excluding carboxylic acids is 1. The molecular formula is C26H28N6O. The lowest BCUT2D eigenvalue weighted by molar-refractivity contribution is 0.147. The second-order valence-corrected chi connectivity index (χ2v) is 8.58. The number of aromatic amines is 1. The van der Waals surface area contributed by atoms with Crippen molar-refractivity contribution in [1.29, 1.82) is 0 Å². The number of likely N-dealkylation sites (tertiary alicyclic amines) is 1. The smallest absolute Gasteiger partial charge is 0.319 e. The van der Waals surface area contributed by atoms with Crippen molar-refractivity contribution in [1.82, 2.24) is 25.4 Å². The Morgan fingerprint density at radius 2 is 1.94 bits per heavy atom. The lowest BCUT2D eigenvalue weighted by Crippen LogP contribution is -2.47. The van der Waals surface area contributed by atoms with Crippen LogP contribution in [0.1, 0.15) is 30.9 Å². The molecule has 0 unspecified atom stereocenters. The van der Waals surface area contributed by atoms with Crippen LogP contribution in [0.15, 0.2) is 72.9 Å². The number of pyridine rings is 1. The van der Waals surface area contributed by atoms with Gasteiger partial charge in [-0.3, -0.25) is 10.1 Å². The number of nitrogens with zero attached hydrogens (tertiary/aromatic N) is 3. The second kappa shape index (κ2) is 9.42. The van der Waals surface area contributed by atoms with Gasteiger partial charge in [0.2, 0.25) is 0 Å². The number of benzene rings is 2. The number of hydrogen-bond acceptors (Lipinski definition) is 4. The Morgan fingerprint density at radius 1 is 1.09 bits per heavy atom. The second-order valence-electron chi connectivity index (χ2n) is 8.58. The number of likely N-dealkylation sites (N-methyl/N-ethyl adjacent to an activating group) is 1. The quantitative estimate of drug-likeness (QED) is 0.409. The molecule has 2 atom stereocenters. The largest absolute Gasteiger partial charge is 0.329 e. The number of fused-ring (bicyclic) bond motifs is 1. The summed E-state index contributed by atoms with van der Waals surface area (Å²) in [4.78, 5) is 19.9. The monoisotopic (exact) mass is 440 g/mol. The van der Waals surface area contributed by atoms with Crippen molar-refractivity contribution in [2.75, 3.05) is 18.9 Å². The van der Waals surface area contributed by atoms with Crippen molar-refractivity contribution >= 4 is 22.6 Å². The molecule has 0 spiro atoms. The molecule has 0 aliphatic carbocycles. The molecule has 7 nitrogen and oxygen atoms in total. The molecule has 3 heterocycles. The van der Waals surface area contributed by atoms with E-state index in [9.17, 15) is 4.79 Å². The highest BCUT2D eigenvalue weighted by Gasteiger charge is 2.30. The highest BCUT2D eigenvalue weighted by atomic mass is 16.2. The highest BCUT2D eigenvalue weighted by Crippen LogP contribution is 2.29. The zero-order valence-electron chi connectivity index (χ0n) is 18.7. The number of amides is 2. The summed E-state index contributed by atoms with van der Waals surface area (Å²) in [7, 11) is 2.14. The first kappa shape index (κ1) is 21.2. The molecule has 168 valence electrons. The van der Waals surface area contributed by atoms with Gasteiger partial charge in [-0.1, -0.05) is 42.8 Å². The SMILES string of the molecule is CN1CCCC[C@@H]1[C@H](NC(=O)Nc1ccc2[nH]nc(-c3ccccn3)c2c1)c1ccccc1. The van der Waals surface area contributed by atoms with E-state index in [0.29, 0.717) is 5.69 Å². The maximum Gasteiger partial charge on any atom is 0.319 e. The van der Waals surface area contributed by atoms with Gasteiger partial charge in [0, 0.05) is 23.3 Å². The first-order chi connectivity index (χ1) is 16.2. The third-order valence-electron chi connectivity index (χ3n) is 6.39. The molecule has 0 saturated carbocycles. The molecule has 0 bridgehead atoms. The van der Waals surface area contributed by atoms with Crippen LogP contribution in [0.4, 0.5) is 10.5 Å². The fraction of sp³-hybridized carbons (Fsp3) is 0.269. The summed E-state index contributed by atoms with van der Waals surface area (Å²) >= 11 is 0. The number of aromatic nitrogens is 3. The Hall–Kier alpha value is -3.71. The van der Waals surface area contributed by atoms with Gasteiger partial charge in [0.05, 0.1) is 17.3 Å². The number of nitrogens with one attached hydrogen (secondary N) is 3. The third-order valence-corrected chi connectivity index (χ3v) is 6.39. The lowest BCUT2D eigenvalue weighted by Gasteiger charge is -2.38. The minimum atomic E-state index is -0.218. The first-order valence-corrected chi connectivity index (χ1v) is 11.4. The standard InChI is InChI=1S/C26H28N6O/c1-32-16-8-6-12-23(32)24(18-9-3-2-4-10-18)29-26(33)28-19-13-14-21-20(17-19)25(31-30-21)22-11-5-7-15-27-22/h2-5,7,9-11,13-15,17,23-24H,6,8,12,16H2,1H3,(H,30,31)(H2,28,29,33)/t23-,24-/m1/s1. The van der Waals surface area contributed by atoms with Gasteiger partial charge in [0.15, 0.2) is 0 Å². The minimum absolute atomic E-state index is 0.0850. The van der Waals surface area contributed by atoms with Crippen LogP contribution in [-0.4, -0.2) is 45.7 Å². The molecule has 1 aliphatic heterocycles. The van der Waals surface area contributed by atoms with E-state index in [1.165, 1.54) is 12.8 Å². The van der Waals surface area contributed by atoms with Gasteiger partial charge in [-0.25, -0.2) is 4.79 Å². The molecule has 2 aromatic carbocycles. The fourth-order valence-electron chi connectivity index (χ4n) is 4.68. The lowest BCUT2D eigenvalue weighted by atomic mass is 9.91. The van der Waals surface area contributed by atoms with E-state index >= 15 is 0 Å². The minimum Gasteiger partial charge on any atom is -0.329 e. The summed E-state index contributed by atoms with van der Waals surface area (Å²) in [6.07, 6.45) is 5.18. The Morgan fingerprint density at radius 3 is 2.73 bits per heavy atom. The predicted molar refractivity (Wildman–Crippen MR) is 131 cm³/mol. The van der Waals surface area contributed by atoms with Crippen LogP contribution in [0, 0.1) is 0 Å². The van der Waals surface area contributed by atoms with Crippen molar-refractivity contribution in [3.63, 3.8) is 0 Å². The van der Waals surface area contributed by atoms with Gasteiger partial charge in [-0.05, 0) is 62.3 Å². The number of rotatable bonds is 5. The molecule has 2 aromatic heterocycles. The van der Waals surface area contributed by atoms with E-state index in [1.54, 1.807) is 6.20 Å². The zero-order chi connectivity index (χ0) is 22.6. The van der Waals surface area contributed by atoms with Gasteiger partial charge < -0.3 is 15.5 Å². The van der Waals surface area contributed by atoms with Crippen LogP contribution in [-0.2, 0) is 0 Å². The van der Waals surface area contributed by atoms with Crippen LogP contribution in [0.25, 0.3) is 22.3 Å². The molecule has 7 heteroatoms. The number of piperidine rings is 1. The van der Waals surface area contributed by atoms with E-state index in [-0.39, 0.29) is 18.1 Å². The predicted octanol–water partition coefficient (Wildman–Crippen LogP) is 4.97. The van der Waals surface area contributed by atoms with Crippen molar-refractivity contribution in [2.45, 2.75) is 31.3 Å². The fourth-order valence-corrected chi connectivity index (χ4v) is 4.68. The Bertz CT molecular complexity index is 1220. The molecule has 2 amide bonds. The van der Waals surface area contributed by atoms with Gasteiger partial charge in [-0.2, -0.15) is 5.10 Å². The van der Waals surface area contributed by atoms with Crippen molar-refractivity contribution < 1.29 is 4.79 Å². The number of hydrogen-bond donors (Lipinski definition) is 3. The third kappa shape index (κ3) is 4.59. The van der Waals surface area contributed by atoms with Crippen LogP contribution in [0.3, 0.4) is 0 Å². The van der Waals surface area contributed by atoms with Crippen molar-refractivity contribution in [3.05, 3.63) is 78.5 Å². The van der Waals surface area contributed by atoms with Crippen molar-refractivity contribution in [3.8, 4) is 11.4 Å². The Labute approximate surface area is 193 Å². The van der Waals surface area contributed by atoms with E-state index in [4.69, 9.17) is 0 Å². The normalized spacial score (nSPS) is 17.5. The number of anilines is 1. The molecule has 4 aromatic rings. The molecule has 33 heavy (non-hydrogen) atoms. The maximum atomic E-state index is 13.1. The van der Waals surface area contributed by atoms with Gasteiger partial charge in [0.1, 0.15) is 5.69 Å². The van der Waals surface area contributed by atoms with E-state index in [2.05, 4.69) is 49.9 Å². The number of urea groups is 1. The average molecular weight is 441 g/mol. The number of carbonyl (C=O) groups is 1. The average Bonchev–Trinajstić information content (AvgIpc) is 3.27. The summed E-state index contributed by atoms with van der Waals surface area (Å²) in [6, 6.07) is 21.7. The van der Waals surface area contributed by atoms with Gasteiger partial charge in [0.25, 0.3) is 0 Å². The molecule has 1 fully saturated rings. The van der Waals surface area contributed by atoms with Crippen molar-refractivity contribution in [2.24, 2.45) is 0 Å². The molecular weight excluding hydrogens is 412 g/mol. The van der Waals surface area contributed by atoms with Crippen LogP contribution >= 0.6 is 0 Å². The highest BCUT2D eigenvalue weighted by molar-refractivity contribution is 5.97. The molecule has 0 radical (unpaired) electrons. The first-order valence-electron chi connectivity index (χ1n) is 11.4. The summed E-state index contributed by atoms with van der Waals surface area (Å²) in [5.41, 5.74) is 4.28. The van der Waals surface area contributed by atoms with Crippen LogP contribution in [0.2, 0.25) is 0 Å². The summed E-state index contributed by atoms with van der Waals surface area (Å²) in [5, 5.41) is 14.7. The molecule has 3 N–H and O–H groups in total. The summed E-state index contributed by atoms with van der Waals surface area (Å²) in [5.74, 6) is 0. The molecule has 1 aliphatic rings. The maximum absolute atomic E-state index is 13.1. The van der Waals surface area contributed by atoms with Gasteiger partial charge >= 0.3 is 6.03 Å². The summed E-state index contributed by atoms with van der Waals surface area (Å²) < 4.78 is 0. The van der Waals surface area contributed by atoms with E-state index in [1.807, 2.05) is 54.6 Å². The zero-order valence-corrected chi connectivity index (χ0v) is 18.7. The Kier molecular flexibility index (Phi) is 6.04. The topological polar surface area (TPSA) is 85.9 Å². The molecule has 5 rings (SSSR count). The molecule has 1 saturated heterocycles. The van der Waals surface area contributed by atoms with E-state index < -0.39 is 0 Å². The Balaban J connectivity index is 1.38. The van der Waals surface area contributed by atoms with Gasteiger partial charge in [-0.15, -0.1) is 0 Å². The number of H-pyrrole nitrogens is 1. The van der Waals surface area contributed by atoms with E-state index in [0.717, 1.165) is 40.8 Å². The summed E-state index contributed by atoms with van der Waals surface area (Å²) in [6.45, 7) is 1.05. The van der Waals surface area contributed by atoms with Crippen LogP contribution in [0.5, 0.6) is 0 Å².